The van der Waals surface area contributed by atoms with Crippen molar-refractivity contribution in [2.75, 3.05) is 39.9 Å². The summed E-state index contributed by atoms with van der Waals surface area (Å²) in [6, 6.07) is 15.5. The van der Waals surface area contributed by atoms with Gasteiger partial charge >= 0.3 is 5.82 Å². The number of hydrogen-bond donors (Lipinski definition) is 2. The zero-order valence-electron chi connectivity index (χ0n) is 23.1. The molecule has 2 aliphatic rings. The average molecular weight is 539 g/mol. The van der Waals surface area contributed by atoms with E-state index in [9.17, 15) is 15.2 Å². The molecule has 2 fully saturated rings. The quantitative estimate of drug-likeness (QED) is 0.229. The van der Waals surface area contributed by atoms with Crippen LogP contribution in [0.15, 0.2) is 60.6 Å². The number of rotatable bonds is 12. The Bertz CT molecular complexity index is 1140. The Labute approximate surface area is 231 Å². The van der Waals surface area contributed by atoms with Gasteiger partial charge in [0.1, 0.15) is 18.0 Å². The average Bonchev–Trinajstić information content (AvgIpc) is 3.37. The molecule has 0 amide bonds. The molecule has 3 atom stereocenters. The maximum Gasteiger partial charge on any atom is 0.334 e. The maximum atomic E-state index is 12.5. The Morgan fingerprint density at radius 2 is 1.87 bits per heavy atom. The molecule has 2 heterocycles. The molecule has 2 aromatic carbocycles. The van der Waals surface area contributed by atoms with Crippen molar-refractivity contribution in [1.82, 2.24) is 9.80 Å². The summed E-state index contributed by atoms with van der Waals surface area (Å²) in [4.78, 5) is 15.4. The van der Waals surface area contributed by atoms with Crippen LogP contribution in [0.4, 0.5) is 0 Å². The van der Waals surface area contributed by atoms with E-state index in [1.807, 2.05) is 60.4 Å². The number of nitrogens with zero attached hydrogens (tertiary/aromatic N) is 3. The van der Waals surface area contributed by atoms with Gasteiger partial charge in [0.2, 0.25) is 0 Å². The van der Waals surface area contributed by atoms with E-state index in [2.05, 4.69) is 0 Å². The molecule has 0 unspecified atom stereocenters. The lowest BCUT2D eigenvalue weighted by molar-refractivity contribution is -0.446. The number of aryl methyl sites for hydroxylation is 1. The van der Waals surface area contributed by atoms with E-state index in [1.54, 1.807) is 18.2 Å². The van der Waals surface area contributed by atoms with Crippen molar-refractivity contribution >= 4 is 0 Å². The number of ether oxygens (including phenoxy) is 2. The molecule has 9 nitrogen and oxygen atoms in total. The first kappa shape index (κ1) is 28.9. The fourth-order valence-corrected chi connectivity index (χ4v) is 5.82. The molecule has 0 spiro atoms. The van der Waals surface area contributed by atoms with Gasteiger partial charge in [-0.15, -0.1) is 0 Å². The van der Waals surface area contributed by atoms with Crippen molar-refractivity contribution in [3.8, 4) is 11.5 Å². The van der Waals surface area contributed by atoms with Crippen LogP contribution in [0.5, 0.6) is 11.5 Å². The van der Waals surface area contributed by atoms with Crippen LogP contribution in [0.25, 0.3) is 0 Å². The minimum Gasteiger partial charge on any atom is -0.457 e. The number of benzene rings is 2. The number of nitrogens with two attached hydrogens (primary N) is 1. The highest BCUT2D eigenvalue weighted by Gasteiger charge is 2.42. The van der Waals surface area contributed by atoms with E-state index < -0.39 is 5.60 Å². The van der Waals surface area contributed by atoms with Crippen molar-refractivity contribution in [2.45, 2.75) is 57.1 Å². The van der Waals surface area contributed by atoms with Gasteiger partial charge in [-0.05, 0) is 61.6 Å². The van der Waals surface area contributed by atoms with Crippen LogP contribution in [0, 0.1) is 23.0 Å². The summed E-state index contributed by atoms with van der Waals surface area (Å²) in [5, 5.41) is 24.5. The molecule has 2 aliphatic heterocycles. The number of para-hydroxylation sites is 2. The third-order valence-corrected chi connectivity index (χ3v) is 7.99. The van der Waals surface area contributed by atoms with Gasteiger partial charge in [0.05, 0.1) is 18.3 Å². The summed E-state index contributed by atoms with van der Waals surface area (Å²) in [6.45, 7) is 4.91. The molecule has 0 aromatic heterocycles. The minimum atomic E-state index is -1.18. The van der Waals surface area contributed by atoms with Crippen molar-refractivity contribution < 1.29 is 19.5 Å². The summed E-state index contributed by atoms with van der Waals surface area (Å²) in [5.41, 5.74) is 6.62. The molecule has 212 valence electrons. The first-order chi connectivity index (χ1) is 18.8. The van der Waals surface area contributed by atoms with Gasteiger partial charge in [-0.3, -0.25) is 4.90 Å². The molecule has 3 N–H and O–H groups in total. The summed E-state index contributed by atoms with van der Waals surface area (Å²) >= 11 is 0. The summed E-state index contributed by atoms with van der Waals surface area (Å²) < 4.78 is 11.7. The lowest BCUT2D eigenvalue weighted by atomic mass is 9.73. The van der Waals surface area contributed by atoms with Gasteiger partial charge in [0.25, 0.3) is 0 Å². The van der Waals surface area contributed by atoms with Gasteiger partial charge < -0.3 is 35.3 Å². The van der Waals surface area contributed by atoms with Crippen LogP contribution in [0.1, 0.15) is 49.7 Å². The van der Waals surface area contributed by atoms with Crippen LogP contribution < -0.4 is 10.5 Å². The summed E-state index contributed by atoms with van der Waals surface area (Å²) in [6.07, 6.45) is 6.19. The van der Waals surface area contributed by atoms with E-state index in [1.165, 1.54) is 0 Å². The predicted octanol–water partition coefficient (Wildman–Crippen LogP) is 4.61. The van der Waals surface area contributed by atoms with Crippen molar-refractivity contribution in [1.29, 1.82) is 0 Å². The highest BCUT2D eigenvalue weighted by Crippen LogP contribution is 2.44. The second kappa shape index (κ2) is 13.3. The fourth-order valence-electron chi connectivity index (χ4n) is 5.82. The number of unbranched alkanes of at least 4 members (excludes halogenated alkanes) is 1. The molecule has 0 bridgehead atoms. The topological polar surface area (TPSA) is 114 Å². The molecule has 4 rings (SSSR count). The predicted molar refractivity (Wildman–Crippen MR) is 151 cm³/mol. The Balaban J connectivity index is 1.64. The normalized spacial score (nSPS) is 21.6. The summed E-state index contributed by atoms with van der Waals surface area (Å²) in [7, 11) is 1.68. The standard InChI is InChI=1S/C30H42N4O5/c1-23-10-3-5-13-27(23)39-28-14-6-4-12-26(28)30(35,16-7-8-19-38-2)24-11-9-17-32(20-24)22-29(34(36)37)33-18-15-25(31)21-33/h3-6,10,12-14,22,24-25,35H,7-9,11,15-21,31H2,1-2H3/t24-,25+,30+/m1/s1. The van der Waals surface area contributed by atoms with E-state index in [0.29, 0.717) is 45.0 Å². The molecular weight excluding hydrogens is 496 g/mol. The monoisotopic (exact) mass is 538 g/mol. The van der Waals surface area contributed by atoms with E-state index in [4.69, 9.17) is 15.2 Å². The Morgan fingerprint density at radius 3 is 2.56 bits per heavy atom. The number of hydrogen-bond acceptors (Lipinski definition) is 8. The highest BCUT2D eigenvalue weighted by atomic mass is 16.6. The van der Waals surface area contributed by atoms with Gasteiger partial charge in [-0.2, -0.15) is 0 Å². The number of piperidine rings is 1. The van der Waals surface area contributed by atoms with E-state index >= 15 is 0 Å². The molecule has 9 heteroatoms. The lowest BCUT2D eigenvalue weighted by Crippen LogP contribution is -2.45. The van der Waals surface area contributed by atoms with Crippen molar-refractivity contribution in [2.24, 2.45) is 11.7 Å². The van der Waals surface area contributed by atoms with E-state index in [-0.39, 0.29) is 22.7 Å². The molecule has 2 saturated heterocycles. The molecule has 2 aromatic rings. The second-order valence-electron chi connectivity index (χ2n) is 10.8. The number of likely N-dealkylation sites (tertiary alicyclic amines) is 2. The molecule has 39 heavy (non-hydrogen) atoms. The highest BCUT2D eigenvalue weighted by molar-refractivity contribution is 5.44. The maximum absolute atomic E-state index is 12.5. The molecular formula is C30H42N4O5. The molecule has 0 saturated carbocycles. The van der Waals surface area contributed by atoms with Gasteiger partial charge in [0.15, 0.2) is 0 Å². The number of nitro groups is 1. The Morgan fingerprint density at radius 1 is 1.13 bits per heavy atom. The number of aliphatic hydroxyl groups is 1. The first-order valence-electron chi connectivity index (χ1n) is 14.0. The Hall–Kier alpha value is -3.14. The van der Waals surface area contributed by atoms with Crippen molar-refractivity contribution in [3.63, 3.8) is 0 Å². The third kappa shape index (κ3) is 7.09. The van der Waals surface area contributed by atoms with Crippen LogP contribution >= 0.6 is 0 Å². The van der Waals surface area contributed by atoms with Crippen molar-refractivity contribution in [3.05, 3.63) is 81.8 Å². The minimum absolute atomic E-state index is 0.0515. The SMILES string of the molecule is COCCCC[C@@](O)(c1ccccc1Oc1ccccc1C)[C@@H]1CCCN(C=C(N2CC[C@H](N)C2)[N+](=O)[O-])C1. The summed E-state index contributed by atoms with van der Waals surface area (Å²) in [5.74, 6) is 1.32. The lowest BCUT2D eigenvalue weighted by Gasteiger charge is -2.43. The van der Waals surface area contributed by atoms with E-state index in [0.717, 1.165) is 49.0 Å². The zero-order valence-corrected chi connectivity index (χ0v) is 23.1. The second-order valence-corrected chi connectivity index (χ2v) is 10.8. The van der Waals surface area contributed by atoms with Crippen LogP contribution in [-0.4, -0.2) is 65.8 Å². The van der Waals surface area contributed by atoms with Crippen LogP contribution in [0.3, 0.4) is 0 Å². The fraction of sp³-hybridized carbons (Fsp3) is 0.533. The van der Waals surface area contributed by atoms with Crippen LogP contribution in [0.2, 0.25) is 0 Å². The molecule has 0 aliphatic carbocycles. The smallest absolute Gasteiger partial charge is 0.334 e. The first-order valence-corrected chi connectivity index (χ1v) is 14.0. The van der Waals surface area contributed by atoms with Gasteiger partial charge in [-0.1, -0.05) is 36.4 Å². The zero-order chi connectivity index (χ0) is 27.8. The third-order valence-electron chi connectivity index (χ3n) is 7.99. The van der Waals surface area contributed by atoms with Crippen LogP contribution in [-0.2, 0) is 10.3 Å². The van der Waals surface area contributed by atoms with Gasteiger partial charge in [-0.25, -0.2) is 0 Å². The largest absolute Gasteiger partial charge is 0.457 e. The number of methoxy groups -OCH3 is 1. The molecule has 0 radical (unpaired) electrons. The van der Waals surface area contributed by atoms with Gasteiger partial charge in [0, 0.05) is 50.8 Å². The Kier molecular flexibility index (Phi) is 9.83.